The Kier molecular flexibility index (Phi) is 6.08. The summed E-state index contributed by atoms with van der Waals surface area (Å²) in [6.45, 7) is 7.26. The van der Waals surface area contributed by atoms with Crippen molar-refractivity contribution in [2.75, 3.05) is 33.9 Å². The number of hydrogen-bond acceptors (Lipinski definition) is 7. The Bertz CT molecular complexity index is 822. The van der Waals surface area contributed by atoms with Gasteiger partial charge in [-0.25, -0.2) is 5.43 Å². The van der Waals surface area contributed by atoms with Gasteiger partial charge in [0.15, 0.2) is 0 Å². The fourth-order valence-electron chi connectivity index (χ4n) is 4.53. The smallest absolute Gasteiger partial charge is 0.139 e. The molecule has 2 aromatic rings. The standard InChI is InChI=1S/C22H32N4O3/c1-14(2)21-11-18(25-29-21)19-6-5-9-26(19)13-15-12-23-24-22(15)17-10-16(27-3)7-8-20(17)28-4/h7-8,10-11,14-15,19,22-24H,5-6,9,12-13H2,1-4H3. The van der Waals surface area contributed by atoms with Crippen LogP contribution in [0, 0.1) is 5.92 Å². The van der Waals surface area contributed by atoms with Gasteiger partial charge in [-0.05, 0) is 37.6 Å². The number of benzene rings is 1. The van der Waals surface area contributed by atoms with Crippen LogP contribution in [0.25, 0.3) is 0 Å². The molecule has 2 fully saturated rings. The van der Waals surface area contributed by atoms with Crippen LogP contribution >= 0.6 is 0 Å². The number of nitrogens with one attached hydrogen (secondary N) is 2. The molecule has 0 spiro atoms. The van der Waals surface area contributed by atoms with Crippen LogP contribution < -0.4 is 20.3 Å². The van der Waals surface area contributed by atoms with Gasteiger partial charge in [0.05, 0.1) is 26.3 Å². The predicted molar refractivity (Wildman–Crippen MR) is 111 cm³/mol. The summed E-state index contributed by atoms with van der Waals surface area (Å²) in [5.41, 5.74) is 9.00. The van der Waals surface area contributed by atoms with Crippen LogP contribution in [0.1, 0.15) is 61.7 Å². The van der Waals surface area contributed by atoms with Gasteiger partial charge in [0.25, 0.3) is 0 Å². The van der Waals surface area contributed by atoms with Crippen molar-refractivity contribution in [2.45, 2.75) is 44.7 Å². The van der Waals surface area contributed by atoms with Crippen molar-refractivity contribution in [1.29, 1.82) is 0 Å². The van der Waals surface area contributed by atoms with Crippen LogP contribution in [0.15, 0.2) is 28.8 Å². The van der Waals surface area contributed by atoms with Gasteiger partial charge in [-0.1, -0.05) is 19.0 Å². The van der Waals surface area contributed by atoms with Crippen LogP contribution in [-0.2, 0) is 0 Å². The van der Waals surface area contributed by atoms with E-state index in [1.807, 2.05) is 12.1 Å². The lowest BCUT2D eigenvalue weighted by molar-refractivity contribution is 0.202. The first-order valence-corrected chi connectivity index (χ1v) is 10.5. The minimum atomic E-state index is 0.157. The number of hydrogen-bond donors (Lipinski definition) is 2. The molecule has 0 radical (unpaired) electrons. The first-order valence-electron chi connectivity index (χ1n) is 10.5. The molecule has 0 bridgehead atoms. The van der Waals surface area contributed by atoms with E-state index in [-0.39, 0.29) is 6.04 Å². The molecule has 7 heteroatoms. The monoisotopic (exact) mass is 400 g/mol. The molecule has 1 aromatic heterocycles. The third-order valence-electron chi connectivity index (χ3n) is 6.15. The highest BCUT2D eigenvalue weighted by atomic mass is 16.5. The van der Waals surface area contributed by atoms with Gasteiger partial charge < -0.3 is 14.0 Å². The van der Waals surface area contributed by atoms with Gasteiger partial charge in [0.1, 0.15) is 23.0 Å². The Morgan fingerprint density at radius 1 is 1.24 bits per heavy atom. The van der Waals surface area contributed by atoms with Crippen LogP contribution in [0.2, 0.25) is 0 Å². The van der Waals surface area contributed by atoms with Crippen molar-refractivity contribution in [3.63, 3.8) is 0 Å². The zero-order valence-electron chi connectivity index (χ0n) is 17.8. The van der Waals surface area contributed by atoms with Crippen LogP contribution in [0.4, 0.5) is 0 Å². The van der Waals surface area contributed by atoms with E-state index in [4.69, 9.17) is 14.0 Å². The number of aromatic nitrogens is 1. The Morgan fingerprint density at radius 2 is 2.10 bits per heavy atom. The summed E-state index contributed by atoms with van der Waals surface area (Å²) >= 11 is 0. The van der Waals surface area contributed by atoms with Crippen molar-refractivity contribution in [3.8, 4) is 11.5 Å². The summed E-state index contributed by atoms with van der Waals surface area (Å²) in [5.74, 6) is 3.46. The van der Waals surface area contributed by atoms with E-state index < -0.39 is 0 Å². The molecule has 1 aromatic carbocycles. The van der Waals surface area contributed by atoms with Crippen LogP contribution in [0.3, 0.4) is 0 Å². The Balaban J connectivity index is 1.52. The molecule has 2 N–H and O–H groups in total. The molecule has 4 rings (SSSR count). The second-order valence-corrected chi connectivity index (χ2v) is 8.33. The Hall–Kier alpha value is -2.09. The summed E-state index contributed by atoms with van der Waals surface area (Å²) in [6, 6.07) is 8.62. The fourth-order valence-corrected chi connectivity index (χ4v) is 4.53. The minimum Gasteiger partial charge on any atom is -0.497 e. The number of hydrazine groups is 1. The lowest BCUT2D eigenvalue weighted by Gasteiger charge is -2.29. The van der Waals surface area contributed by atoms with E-state index >= 15 is 0 Å². The maximum Gasteiger partial charge on any atom is 0.139 e. The minimum absolute atomic E-state index is 0.157. The highest BCUT2D eigenvalue weighted by molar-refractivity contribution is 5.43. The molecule has 158 valence electrons. The van der Waals surface area contributed by atoms with Crippen LogP contribution in [0.5, 0.6) is 11.5 Å². The number of ether oxygens (including phenoxy) is 2. The first-order chi connectivity index (χ1) is 14.1. The van der Waals surface area contributed by atoms with Crippen molar-refractivity contribution < 1.29 is 14.0 Å². The number of nitrogens with zero attached hydrogens (tertiary/aromatic N) is 2. The molecule has 3 heterocycles. The van der Waals surface area contributed by atoms with Crippen LogP contribution in [-0.4, -0.2) is 43.9 Å². The molecule has 2 aliphatic rings. The molecule has 3 atom stereocenters. The average molecular weight is 401 g/mol. The number of rotatable bonds is 7. The van der Waals surface area contributed by atoms with Gasteiger partial charge in [-0.15, -0.1) is 0 Å². The normalized spacial score (nSPS) is 25.1. The largest absolute Gasteiger partial charge is 0.497 e. The molecule has 0 aliphatic carbocycles. The lowest BCUT2D eigenvalue weighted by atomic mass is 9.93. The number of likely N-dealkylation sites (tertiary alicyclic amines) is 1. The molecule has 2 saturated heterocycles. The summed E-state index contributed by atoms with van der Waals surface area (Å²) < 4.78 is 16.6. The molecule has 7 nitrogen and oxygen atoms in total. The van der Waals surface area contributed by atoms with Crippen molar-refractivity contribution in [2.24, 2.45) is 5.92 Å². The van der Waals surface area contributed by atoms with Crippen molar-refractivity contribution >= 4 is 0 Å². The van der Waals surface area contributed by atoms with E-state index in [1.54, 1.807) is 14.2 Å². The van der Waals surface area contributed by atoms with Gasteiger partial charge in [0, 0.05) is 36.6 Å². The zero-order valence-corrected chi connectivity index (χ0v) is 17.8. The maximum atomic E-state index is 5.63. The second kappa shape index (κ2) is 8.73. The quantitative estimate of drug-likeness (QED) is 0.738. The van der Waals surface area contributed by atoms with Crippen molar-refractivity contribution in [3.05, 3.63) is 41.3 Å². The molecule has 2 aliphatic heterocycles. The SMILES string of the molecule is COc1ccc(OC)c(C2NNCC2CN2CCCC2c2cc(C(C)C)on2)c1. The lowest BCUT2D eigenvalue weighted by Crippen LogP contribution is -2.33. The molecule has 29 heavy (non-hydrogen) atoms. The first kappa shape index (κ1) is 20.2. The molecular formula is C22H32N4O3. The summed E-state index contributed by atoms with van der Waals surface area (Å²) in [6.07, 6.45) is 2.32. The predicted octanol–water partition coefficient (Wildman–Crippen LogP) is 3.42. The highest BCUT2D eigenvalue weighted by Gasteiger charge is 2.36. The van der Waals surface area contributed by atoms with Gasteiger partial charge in [0.2, 0.25) is 0 Å². The van der Waals surface area contributed by atoms with Gasteiger partial charge in [-0.3, -0.25) is 10.3 Å². The molecular weight excluding hydrogens is 368 g/mol. The number of methoxy groups -OCH3 is 2. The average Bonchev–Trinajstić information content (AvgIpc) is 3.48. The highest BCUT2D eigenvalue weighted by Crippen LogP contribution is 2.38. The third-order valence-corrected chi connectivity index (χ3v) is 6.15. The summed E-state index contributed by atoms with van der Waals surface area (Å²) in [5, 5.41) is 4.39. The van der Waals surface area contributed by atoms with E-state index in [9.17, 15) is 0 Å². The second-order valence-electron chi connectivity index (χ2n) is 8.33. The zero-order chi connectivity index (χ0) is 20.4. The van der Waals surface area contributed by atoms with E-state index in [1.165, 1.54) is 6.42 Å². The topological polar surface area (TPSA) is 71.8 Å². The maximum absolute atomic E-state index is 5.63. The Morgan fingerprint density at radius 3 is 2.83 bits per heavy atom. The van der Waals surface area contributed by atoms with Crippen molar-refractivity contribution in [1.82, 2.24) is 20.9 Å². The molecule has 0 saturated carbocycles. The summed E-state index contributed by atoms with van der Waals surface area (Å²) in [4.78, 5) is 2.56. The van der Waals surface area contributed by atoms with Gasteiger partial charge in [-0.2, -0.15) is 0 Å². The summed E-state index contributed by atoms with van der Waals surface area (Å²) in [7, 11) is 3.41. The Labute approximate surface area is 172 Å². The molecule has 0 amide bonds. The molecule has 3 unspecified atom stereocenters. The third kappa shape index (κ3) is 4.13. The van der Waals surface area contributed by atoms with E-state index in [0.29, 0.717) is 17.9 Å². The van der Waals surface area contributed by atoms with Gasteiger partial charge >= 0.3 is 0 Å². The van der Waals surface area contributed by atoms with E-state index in [2.05, 4.69) is 46.9 Å². The van der Waals surface area contributed by atoms with E-state index in [0.717, 1.165) is 54.6 Å². The fraction of sp³-hybridized carbons (Fsp3) is 0.591.